The maximum Gasteiger partial charge on any atom is 0.341 e. The van der Waals surface area contributed by atoms with Gasteiger partial charge in [0.25, 0.3) is 0 Å². The second kappa shape index (κ2) is 9.09. The lowest BCUT2D eigenvalue weighted by Crippen LogP contribution is -2.30. The SMILES string of the molecule is CS(=O)(=O)c1ccc(N2CCCCC2)c(C#Cc2cc(N)ccc2OCC(=O)O)c1. The quantitative estimate of drug-likeness (QED) is 0.556. The maximum atomic E-state index is 12.0. The number of hydrogen-bond acceptors (Lipinski definition) is 6. The lowest BCUT2D eigenvalue weighted by atomic mass is 10.1. The standard InChI is InChI=1S/C22H24N2O5S/c1-30(27,28)19-8-9-20(24-11-3-2-4-12-24)16(14-19)5-6-17-13-18(23)7-10-21(17)29-15-22(25)26/h7-10,13-14H,2-4,11-12,15,23H2,1H3,(H,25,26). The summed E-state index contributed by atoms with van der Waals surface area (Å²) in [5, 5.41) is 8.87. The van der Waals surface area contributed by atoms with E-state index in [1.807, 2.05) is 0 Å². The molecule has 0 amide bonds. The molecule has 3 N–H and O–H groups in total. The summed E-state index contributed by atoms with van der Waals surface area (Å²) in [6.45, 7) is 1.28. The number of ether oxygens (including phenoxy) is 1. The lowest BCUT2D eigenvalue weighted by molar-refractivity contribution is -0.139. The molecule has 0 atom stereocenters. The van der Waals surface area contributed by atoms with Crippen molar-refractivity contribution in [1.82, 2.24) is 0 Å². The highest BCUT2D eigenvalue weighted by atomic mass is 32.2. The molecule has 0 unspecified atom stereocenters. The third-order valence-corrected chi connectivity index (χ3v) is 5.89. The van der Waals surface area contributed by atoms with Crippen LogP contribution in [0, 0.1) is 11.8 Å². The van der Waals surface area contributed by atoms with E-state index in [-0.39, 0.29) is 4.90 Å². The summed E-state index contributed by atoms with van der Waals surface area (Å²) in [6, 6.07) is 9.76. The summed E-state index contributed by atoms with van der Waals surface area (Å²) in [4.78, 5) is 13.2. The minimum atomic E-state index is -3.39. The summed E-state index contributed by atoms with van der Waals surface area (Å²) in [5.74, 6) is 5.24. The van der Waals surface area contributed by atoms with Gasteiger partial charge in [-0.05, 0) is 55.7 Å². The van der Waals surface area contributed by atoms with E-state index in [4.69, 9.17) is 15.6 Å². The van der Waals surface area contributed by atoms with Crippen LogP contribution in [0.5, 0.6) is 5.75 Å². The number of nitrogens with zero attached hydrogens (tertiary/aromatic N) is 1. The first-order chi connectivity index (χ1) is 14.2. The number of hydrogen-bond donors (Lipinski definition) is 2. The molecule has 30 heavy (non-hydrogen) atoms. The van der Waals surface area contributed by atoms with Crippen molar-refractivity contribution in [2.45, 2.75) is 24.2 Å². The average Bonchev–Trinajstić information content (AvgIpc) is 2.71. The molecule has 0 aliphatic carbocycles. The fourth-order valence-corrected chi connectivity index (χ4v) is 3.95. The molecule has 7 nitrogen and oxygen atoms in total. The van der Waals surface area contributed by atoms with Crippen LogP contribution >= 0.6 is 0 Å². The van der Waals surface area contributed by atoms with Crippen molar-refractivity contribution in [3.8, 4) is 17.6 Å². The van der Waals surface area contributed by atoms with Gasteiger partial charge in [-0.3, -0.25) is 0 Å². The van der Waals surface area contributed by atoms with Crippen LogP contribution in [-0.2, 0) is 14.6 Å². The Bertz CT molecular complexity index is 1110. The van der Waals surface area contributed by atoms with E-state index in [1.165, 1.54) is 6.42 Å². The molecule has 1 aliphatic rings. The van der Waals surface area contributed by atoms with Crippen LogP contribution in [0.15, 0.2) is 41.3 Å². The normalized spacial score (nSPS) is 14.0. The monoisotopic (exact) mass is 428 g/mol. The third-order valence-electron chi connectivity index (χ3n) is 4.78. The molecule has 2 aromatic rings. The van der Waals surface area contributed by atoms with Crippen molar-refractivity contribution in [1.29, 1.82) is 0 Å². The van der Waals surface area contributed by atoms with Crippen LogP contribution < -0.4 is 15.4 Å². The molecule has 1 aliphatic heterocycles. The van der Waals surface area contributed by atoms with Gasteiger partial charge >= 0.3 is 5.97 Å². The number of nitrogen functional groups attached to an aromatic ring is 1. The van der Waals surface area contributed by atoms with Crippen molar-refractivity contribution in [2.75, 3.05) is 36.6 Å². The predicted octanol–water partition coefficient (Wildman–Crippen LogP) is 2.53. The highest BCUT2D eigenvalue weighted by molar-refractivity contribution is 7.90. The molecule has 1 heterocycles. The van der Waals surface area contributed by atoms with Gasteiger partial charge in [-0.1, -0.05) is 11.8 Å². The van der Waals surface area contributed by atoms with E-state index < -0.39 is 22.4 Å². The van der Waals surface area contributed by atoms with Crippen LogP contribution in [0.4, 0.5) is 11.4 Å². The van der Waals surface area contributed by atoms with E-state index >= 15 is 0 Å². The Morgan fingerprint density at radius 3 is 2.47 bits per heavy atom. The predicted molar refractivity (Wildman–Crippen MR) is 116 cm³/mol. The van der Waals surface area contributed by atoms with Crippen LogP contribution in [0.2, 0.25) is 0 Å². The van der Waals surface area contributed by atoms with Gasteiger partial charge in [0.1, 0.15) is 5.75 Å². The zero-order chi connectivity index (χ0) is 21.7. The van der Waals surface area contributed by atoms with Gasteiger partial charge in [-0.2, -0.15) is 0 Å². The molecule has 2 aromatic carbocycles. The Hall–Kier alpha value is -3.18. The summed E-state index contributed by atoms with van der Waals surface area (Å²) < 4.78 is 29.4. The smallest absolute Gasteiger partial charge is 0.341 e. The van der Waals surface area contributed by atoms with Crippen LogP contribution in [-0.4, -0.2) is 45.4 Å². The lowest BCUT2D eigenvalue weighted by Gasteiger charge is -2.29. The van der Waals surface area contributed by atoms with Gasteiger partial charge in [0, 0.05) is 30.6 Å². The Morgan fingerprint density at radius 1 is 1.10 bits per heavy atom. The Morgan fingerprint density at radius 2 is 1.80 bits per heavy atom. The number of aliphatic carboxylic acids is 1. The number of carboxylic acid groups (broad SMARTS) is 1. The molecule has 158 valence electrons. The maximum absolute atomic E-state index is 12.0. The topological polar surface area (TPSA) is 110 Å². The van der Waals surface area contributed by atoms with Gasteiger partial charge in [0.2, 0.25) is 0 Å². The van der Waals surface area contributed by atoms with Gasteiger partial charge < -0.3 is 20.5 Å². The Labute approximate surface area is 176 Å². The molecule has 8 heteroatoms. The average molecular weight is 429 g/mol. The molecule has 0 bridgehead atoms. The second-order valence-electron chi connectivity index (χ2n) is 7.19. The summed E-state index contributed by atoms with van der Waals surface area (Å²) in [6.07, 6.45) is 4.48. The largest absolute Gasteiger partial charge is 0.481 e. The zero-order valence-electron chi connectivity index (χ0n) is 16.7. The van der Waals surface area contributed by atoms with Gasteiger partial charge in [0.05, 0.1) is 16.1 Å². The molecular formula is C22H24N2O5S. The molecule has 1 saturated heterocycles. The van der Waals surface area contributed by atoms with Gasteiger partial charge in [-0.15, -0.1) is 0 Å². The van der Waals surface area contributed by atoms with Crippen molar-refractivity contribution in [3.05, 3.63) is 47.5 Å². The van der Waals surface area contributed by atoms with E-state index in [0.29, 0.717) is 22.6 Å². The van der Waals surface area contributed by atoms with Crippen LogP contribution in [0.1, 0.15) is 30.4 Å². The van der Waals surface area contributed by atoms with E-state index in [9.17, 15) is 13.2 Å². The van der Waals surface area contributed by atoms with E-state index in [0.717, 1.165) is 37.9 Å². The van der Waals surface area contributed by atoms with Gasteiger partial charge in [0.15, 0.2) is 16.4 Å². The Kier molecular flexibility index (Phi) is 6.53. The first kappa shape index (κ1) is 21.5. The number of piperidine rings is 1. The highest BCUT2D eigenvalue weighted by Gasteiger charge is 2.17. The Balaban J connectivity index is 2.05. The van der Waals surface area contributed by atoms with Crippen molar-refractivity contribution in [3.63, 3.8) is 0 Å². The summed E-state index contributed by atoms with van der Waals surface area (Å²) in [5.41, 5.74) is 8.22. The third kappa shape index (κ3) is 5.45. The summed E-state index contributed by atoms with van der Waals surface area (Å²) in [7, 11) is -3.39. The molecule has 1 fully saturated rings. The molecular weight excluding hydrogens is 404 g/mol. The number of carboxylic acids is 1. The minimum absolute atomic E-state index is 0.197. The molecule has 0 aromatic heterocycles. The van der Waals surface area contributed by atoms with Gasteiger partial charge in [-0.25, -0.2) is 13.2 Å². The second-order valence-corrected chi connectivity index (χ2v) is 9.20. The van der Waals surface area contributed by atoms with E-state index in [2.05, 4.69) is 16.7 Å². The molecule has 0 radical (unpaired) electrons. The van der Waals surface area contributed by atoms with Crippen molar-refractivity contribution in [2.24, 2.45) is 0 Å². The molecule has 3 rings (SSSR count). The van der Waals surface area contributed by atoms with E-state index in [1.54, 1.807) is 36.4 Å². The number of anilines is 2. The first-order valence-corrected chi connectivity index (χ1v) is 11.5. The zero-order valence-corrected chi connectivity index (χ0v) is 17.5. The van der Waals surface area contributed by atoms with Crippen LogP contribution in [0.25, 0.3) is 0 Å². The van der Waals surface area contributed by atoms with Crippen molar-refractivity contribution >= 4 is 27.2 Å². The highest BCUT2D eigenvalue weighted by Crippen LogP contribution is 2.27. The number of benzene rings is 2. The fourth-order valence-electron chi connectivity index (χ4n) is 3.30. The fraction of sp³-hybridized carbons (Fsp3) is 0.318. The van der Waals surface area contributed by atoms with Crippen LogP contribution in [0.3, 0.4) is 0 Å². The molecule has 0 saturated carbocycles. The molecule has 0 spiro atoms. The minimum Gasteiger partial charge on any atom is -0.481 e. The number of carbonyl (C=O) groups is 1. The number of nitrogens with two attached hydrogens (primary N) is 1. The van der Waals surface area contributed by atoms with Crippen molar-refractivity contribution < 1.29 is 23.1 Å². The summed E-state index contributed by atoms with van der Waals surface area (Å²) >= 11 is 0. The first-order valence-electron chi connectivity index (χ1n) is 9.59. The number of sulfone groups is 1. The number of rotatable bonds is 5.